The van der Waals surface area contributed by atoms with Crippen LogP contribution in [-0.4, -0.2) is 29.6 Å². The Morgan fingerprint density at radius 2 is 2.00 bits per heavy atom. The Morgan fingerprint density at radius 1 is 1.33 bits per heavy atom. The van der Waals surface area contributed by atoms with E-state index in [1.165, 1.54) is 13.0 Å². The highest BCUT2D eigenvalue weighted by atomic mass is 35.5. The van der Waals surface area contributed by atoms with E-state index >= 15 is 0 Å². The summed E-state index contributed by atoms with van der Waals surface area (Å²) in [6, 6.07) is 4.68. The highest BCUT2D eigenvalue weighted by Crippen LogP contribution is 2.29. The van der Waals surface area contributed by atoms with E-state index in [0.717, 1.165) is 0 Å². The monoisotopic (exact) mass is 290 g/mol. The van der Waals surface area contributed by atoms with E-state index in [0.29, 0.717) is 0 Å². The number of hydrogen-bond acceptors (Lipinski definition) is 3. The first-order valence-electron chi connectivity index (χ1n) is 5.13. The molecule has 3 N–H and O–H groups in total. The van der Waals surface area contributed by atoms with Gasteiger partial charge in [-0.05, 0) is 19.1 Å². The molecule has 0 aliphatic heterocycles. The zero-order chi connectivity index (χ0) is 13.7. The summed E-state index contributed by atoms with van der Waals surface area (Å²) >= 11 is 11.6. The Kier molecular flexibility index (Phi) is 5.40. The minimum Gasteiger partial charge on any atom is -0.392 e. The van der Waals surface area contributed by atoms with Crippen molar-refractivity contribution >= 4 is 40.7 Å². The third-order valence-electron chi connectivity index (χ3n) is 1.96. The summed E-state index contributed by atoms with van der Waals surface area (Å²) in [5.41, 5.74) is 0.251. The van der Waals surface area contributed by atoms with E-state index in [4.69, 9.17) is 28.3 Å². The SMILES string of the molecule is CC(O)CNC(=O)C(=O)Nc1cccc(Cl)c1Cl. The summed E-state index contributed by atoms with van der Waals surface area (Å²) in [5.74, 6) is -1.73. The van der Waals surface area contributed by atoms with Crippen LogP contribution < -0.4 is 10.6 Å². The predicted octanol–water partition coefficient (Wildman–Crippen LogP) is 1.43. The maximum atomic E-state index is 11.5. The number of carbonyl (C=O) groups excluding carboxylic acids is 2. The van der Waals surface area contributed by atoms with Gasteiger partial charge in [-0.15, -0.1) is 0 Å². The maximum absolute atomic E-state index is 11.5. The van der Waals surface area contributed by atoms with Gasteiger partial charge >= 0.3 is 11.8 Å². The first-order valence-corrected chi connectivity index (χ1v) is 5.88. The van der Waals surface area contributed by atoms with Crippen LogP contribution in [0.5, 0.6) is 0 Å². The summed E-state index contributed by atoms with van der Waals surface area (Å²) in [6.45, 7) is 1.49. The van der Waals surface area contributed by atoms with Crippen LogP contribution in [0.1, 0.15) is 6.92 Å². The molecule has 0 aromatic heterocycles. The molecule has 1 aromatic rings. The van der Waals surface area contributed by atoms with Crippen molar-refractivity contribution in [1.29, 1.82) is 0 Å². The lowest BCUT2D eigenvalue weighted by atomic mass is 10.3. The van der Waals surface area contributed by atoms with E-state index in [1.54, 1.807) is 12.1 Å². The van der Waals surface area contributed by atoms with Gasteiger partial charge in [0, 0.05) is 6.54 Å². The van der Waals surface area contributed by atoms with Crippen LogP contribution in [0.3, 0.4) is 0 Å². The molecule has 7 heteroatoms. The van der Waals surface area contributed by atoms with Gasteiger partial charge in [-0.25, -0.2) is 0 Å². The van der Waals surface area contributed by atoms with Crippen molar-refractivity contribution in [3.05, 3.63) is 28.2 Å². The fourth-order valence-electron chi connectivity index (χ4n) is 1.10. The smallest absolute Gasteiger partial charge is 0.313 e. The first-order chi connectivity index (χ1) is 8.41. The Bertz CT molecular complexity index is 464. The maximum Gasteiger partial charge on any atom is 0.313 e. The van der Waals surface area contributed by atoms with Crippen molar-refractivity contribution in [2.24, 2.45) is 0 Å². The molecule has 0 saturated carbocycles. The molecule has 0 heterocycles. The topological polar surface area (TPSA) is 78.4 Å². The Balaban J connectivity index is 2.64. The fraction of sp³-hybridized carbons (Fsp3) is 0.273. The molecular formula is C11H12Cl2N2O3. The molecule has 1 rings (SSSR count). The van der Waals surface area contributed by atoms with Crippen LogP contribution in [0.2, 0.25) is 10.0 Å². The minimum absolute atomic E-state index is 0.00443. The van der Waals surface area contributed by atoms with E-state index in [2.05, 4.69) is 10.6 Å². The van der Waals surface area contributed by atoms with Gasteiger partial charge in [-0.1, -0.05) is 29.3 Å². The number of aliphatic hydroxyl groups is 1. The summed E-state index contributed by atoms with van der Waals surface area (Å²) in [5, 5.41) is 14.0. The summed E-state index contributed by atoms with van der Waals surface area (Å²) < 4.78 is 0. The quantitative estimate of drug-likeness (QED) is 0.737. The molecule has 5 nitrogen and oxygen atoms in total. The number of halogens is 2. The number of carbonyl (C=O) groups is 2. The van der Waals surface area contributed by atoms with Crippen LogP contribution in [-0.2, 0) is 9.59 Å². The Hall–Kier alpha value is -1.30. The van der Waals surface area contributed by atoms with Crippen LogP contribution in [0.25, 0.3) is 0 Å². The number of aliphatic hydroxyl groups excluding tert-OH is 1. The Labute approximate surface area is 114 Å². The molecule has 98 valence electrons. The molecule has 0 radical (unpaired) electrons. The van der Waals surface area contributed by atoms with Crippen molar-refractivity contribution in [1.82, 2.24) is 5.32 Å². The van der Waals surface area contributed by atoms with Crippen molar-refractivity contribution in [3.8, 4) is 0 Å². The van der Waals surface area contributed by atoms with E-state index in [-0.39, 0.29) is 22.3 Å². The van der Waals surface area contributed by atoms with E-state index in [1.807, 2.05) is 0 Å². The third-order valence-corrected chi connectivity index (χ3v) is 2.78. The van der Waals surface area contributed by atoms with Crippen molar-refractivity contribution < 1.29 is 14.7 Å². The summed E-state index contributed by atoms with van der Waals surface area (Å²) in [6.07, 6.45) is -0.725. The largest absolute Gasteiger partial charge is 0.392 e. The number of benzene rings is 1. The second-order valence-corrected chi connectivity index (χ2v) is 4.40. The van der Waals surface area contributed by atoms with E-state index in [9.17, 15) is 9.59 Å². The Morgan fingerprint density at radius 3 is 2.61 bits per heavy atom. The fourth-order valence-corrected chi connectivity index (χ4v) is 1.45. The molecule has 1 unspecified atom stereocenters. The molecule has 18 heavy (non-hydrogen) atoms. The third kappa shape index (κ3) is 4.18. The van der Waals surface area contributed by atoms with Crippen molar-refractivity contribution in [2.45, 2.75) is 13.0 Å². The average Bonchev–Trinajstić information content (AvgIpc) is 2.31. The number of nitrogens with one attached hydrogen (secondary N) is 2. The van der Waals surface area contributed by atoms with Gasteiger partial charge < -0.3 is 15.7 Å². The molecule has 0 spiro atoms. The van der Waals surface area contributed by atoms with Crippen LogP contribution in [0, 0.1) is 0 Å². The van der Waals surface area contributed by atoms with Crippen LogP contribution >= 0.6 is 23.2 Å². The number of rotatable bonds is 3. The molecule has 0 aliphatic rings. The van der Waals surface area contributed by atoms with Gasteiger partial charge in [0.05, 0.1) is 21.8 Å². The predicted molar refractivity (Wildman–Crippen MR) is 69.8 cm³/mol. The molecule has 0 bridgehead atoms. The molecule has 0 saturated heterocycles. The van der Waals surface area contributed by atoms with Gasteiger partial charge in [0.15, 0.2) is 0 Å². The number of anilines is 1. The molecule has 0 aliphatic carbocycles. The van der Waals surface area contributed by atoms with Gasteiger partial charge in [-0.3, -0.25) is 9.59 Å². The summed E-state index contributed by atoms with van der Waals surface area (Å²) in [7, 11) is 0. The lowest BCUT2D eigenvalue weighted by molar-refractivity contribution is -0.136. The lowest BCUT2D eigenvalue weighted by Crippen LogP contribution is -2.38. The van der Waals surface area contributed by atoms with Crippen molar-refractivity contribution in [3.63, 3.8) is 0 Å². The standard InChI is InChI=1S/C11H12Cl2N2O3/c1-6(16)5-14-10(17)11(18)15-8-4-2-3-7(12)9(8)13/h2-4,6,16H,5H2,1H3,(H,14,17)(H,15,18). The highest BCUT2D eigenvalue weighted by Gasteiger charge is 2.15. The van der Waals surface area contributed by atoms with E-state index < -0.39 is 17.9 Å². The minimum atomic E-state index is -0.875. The summed E-state index contributed by atoms with van der Waals surface area (Å²) in [4.78, 5) is 22.8. The zero-order valence-corrected chi connectivity index (χ0v) is 11.0. The van der Waals surface area contributed by atoms with Gasteiger partial charge in [0.1, 0.15) is 0 Å². The molecule has 2 amide bonds. The average molecular weight is 291 g/mol. The lowest BCUT2D eigenvalue weighted by Gasteiger charge is -2.09. The normalized spacial score (nSPS) is 11.8. The molecule has 0 fully saturated rings. The second-order valence-electron chi connectivity index (χ2n) is 3.61. The van der Waals surface area contributed by atoms with Gasteiger partial charge in [-0.2, -0.15) is 0 Å². The number of hydrogen-bond donors (Lipinski definition) is 3. The second kappa shape index (κ2) is 6.58. The zero-order valence-electron chi connectivity index (χ0n) is 9.54. The van der Waals surface area contributed by atoms with Gasteiger partial charge in [0.25, 0.3) is 0 Å². The van der Waals surface area contributed by atoms with Crippen molar-refractivity contribution in [2.75, 3.05) is 11.9 Å². The van der Waals surface area contributed by atoms with Gasteiger partial charge in [0.2, 0.25) is 0 Å². The van der Waals surface area contributed by atoms with Crippen LogP contribution in [0.15, 0.2) is 18.2 Å². The highest BCUT2D eigenvalue weighted by molar-refractivity contribution is 6.45. The molecular weight excluding hydrogens is 279 g/mol. The first kappa shape index (κ1) is 14.8. The molecule has 1 atom stereocenters. The van der Waals surface area contributed by atoms with Crippen LogP contribution in [0.4, 0.5) is 5.69 Å². The molecule has 1 aromatic carbocycles. The number of amides is 2.